The van der Waals surface area contributed by atoms with E-state index < -0.39 is 12.1 Å². The van der Waals surface area contributed by atoms with Crippen LogP contribution in [0.2, 0.25) is 0 Å². The highest BCUT2D eigenvalue weighted by Crippen LogP contribution is 2.24. The van der Waals surface area contributed by atoms with Gasteiger partial charge < -0.3 is 14.2 Å². The third-order valence-electron chi connectivity index (χ3n) is 3.45. The summed E-state index contributed by atoms with van der Waals surface area (Å²) in [6.45, 7) is 0.0673. The van der Waals surface area contributed by atoms with Crippen molar-refractivity contribution in [1.82, 2.24) is 0 Å². The van der Waals surface area contributed by atoms with Crippen LogP contribution in [0.3, 0.4) is 0 Å². The lowest BCUT2D eigenvalue weighted by atomic mass is 10.1. The molecule has 0 spiro atoms. The van der Waals surface area contributed by atoms with Crippen LogP contribution >= 0.6 is 15.9 Å². The van der Waals surface area contributed by atoms with Gasteiger partial charge in [0.1, 0.15) is 18.1 Å². The molecular formula is C19H18BrNO5. The van der Waals surface area contributed by atoms with Crippen molar-refractivity contribution < 1.29 is 23.8 Å². The molecule has 1 amide bonds. The van der Waals surface area contributed by atoms with Gasteiger partial charge >= 0.3 is 12.1 Å². The molecule has 0 aliphatic carbocycles. The number of benzene rings is 2. The van der Waals surface area contributed by atoms with Crippen molar-refractivity contribution in [2.45, 2.75) is 13.0 Å². The quantitative estimate of drug-likeness (QED) is 0.523. The molecule has 7 heteroatoms. The number of hydrogen-bond acceptors (Lipinski definition) is 5. The summed E-state index contributed by atoms with van der Waals surface area (Å²) in [7, 11) is 2.75. The van der Waals surface area contributed by atoms with Crippen molar-refractivity contribution in [2.24, 2.45) is 4.99 Å². The van der Waals surface area contributed by atoms with Gasteiger partial charge in [0.05, 0.1) is 14.2 Å². The second-order valence-electron chi connectivity index (χ2n) is 5.22. The summed E-state index contributed by atoms with van der Waals surface area (Å²) in [6, 6.07) is 14.5. The second kappa shape index (κ2) is 9.72. The Morgan fingerprint density at radius 1 is 1.08 bits per heavy atom. The number of carbonyl (C=O) groups excluding carboxylic acids is 2. The first-order valence-corrected chi connectivity index (χ1v) is 8.51. The summed E-state index contributed by atoms with van der Waals surface area (Å²) in [5.41, 5.74) is 1.44. The lowest BCUT2D eigenvalue weighted by molar-refractivity contribution is -0.132. The van der Waals surface area contributed by atoms with E-state index in [0.717, 1.165) is 10.0 Å². The Labute approximate surface area is 159 Å². The van der Waals surface area contributed by atoms with Crippen LogP contribution in [0, 0.1) is 0 Å². The smallest absolute Gasteiger partial charge is 0.434 e. The number of rotatable bonds is 6. The van der Waals surface area contributed by atoms with E-state index in [2.05, 4.69) is 20.9 Å². The highest BCUT2D eigenvalue weighted by molar-refractivity contribution is 9.10. The minimum Gasteiger partial charge on any atom is -0.496 e. The van der Waals surface area contributed by atoms with Gasteiger partial charge in [-0.05, 0) is 23.8 Å². The van der Waals surface area contributed by atoms with Crippen molar-refractivity contribution in [3.8, 4) is 5.75 Å². The Morgan fingerprint density at radius 2 is 1.81 bits per heavy atom. The van der Waals surface area contributed by atoms with Gasteiger partial charge in [0.25, 0.3) is 0 Å². The summed E-state index contributed by atoms with van der Waals surface area (Å²) in [4.78, 5) is 27.8. The number of amides is 1. The number of carbonyl (C=O) groups is 2. The molecule has 136 valence electrons. The number of aliphatic imine (C=N–C) groups is 1. The lowest BCUT2D eigenvalue weighted by Crippen LogP contribution is -2.21. The van der Waals surface area contributed by atoms with Crippen molar-refractivity contribution in [3.05, 3.63) is 64.1 Å². The molecule has 0 saturated heterocycles. The van der Waals surface area contributed by atoms with Gasteiger partial charge in [0, 0.05) is 16.5 Å². The maximum absolute atomic E-state index is 12.0. The van der Waals surface area contributed by atoms with E-state index in [9.17, 15) is 9.59 Å². The highest BCUT2D eigenvalue weighted by Gasteiger charge is 2.18. The zero-order chi connectivity index (χ0) is 18.9. The van der Waals surface area contributed by atoms with Gasteiger partial charge in [0.2, 0.25) is 0 Å². The predicted octanol–water partition coefficient (Wildman–Crippen LogP) is 3.95. The number of methoxy groups -OCH3 is 2. The molecule has 0 aliphatic rings. The van der Waals surface area contributed by atoms with Crippen LogP contribution in [0.5, 0.6) is 5.75 Å². The zero-order valence-corrected chi connectivity index (χ0v) is 16.0. The molecule has 0 fully saturated rings. The zero-order valence-electron chi connectivity index (χ0n) is 14.4. The highest BCUT2D eigenvalue weighted by atomic mass is 79.9. The molecule has 2 rings (SSSR count). The molecule has 0 aromatic heterocycles. The van der Waals surface area contributed by atoms with Crippen LogP contribution in [0.15, 0.2) is 58.0 Å². The largest absolute Gasteiger partial charge is 0.496 e. The summed E-state index contributed by atoms with van der Waals surface area (Å²) in [6.07, 6.45) is -0.793. The predicted molar refractivity (Wildman–Crippen MR) is 100 cm³/mol. The average molecular weight is 420 g/mol. The molecule has 0 atom stereocenters. The standard InChI is InChI=1S/C19H18BrNO5/c1-24-17-9-8-15(20)10-14(17)11-16(18(22)25-2)21-19(23)26-12-13-6-4-3-5-7-13/h3-10H,11-12H2,1-2H3. The van der Waals surface area contributed by atoms with Crippen molar-refractivity contribution in [3.63, 3.8) is 0 Å². The number of nitrogens with zero attached hydrogens (tertiary/aromatic N) is 1. The van der Waals surface area contributed by atoms with E-state index in [4.69, 9.17) is 14.2 Å². The first kappa shape index (κ1) is 19.7. The topological polar surface area (TPSA) is 74.2 Å². The molecule has 6 nitrogen and oxygen atoms in total. The van der Waals surface area contributed by atoms with Crippen LogP contribution in [-0.2, 0) is 27.3 Å². The molecular weight excluding hydrogens is 402 g/mol. The minimum absolute atomic E-state index is 0.0652. The summed E-state index contributed by atoms with van der Waals surface area (Å²) in [5.74, 6) is -0.133. The van der Waals surface area contributed by atoms with E-state index in [0.29, 0.717) is 11.3 Å². The number of halogens is 1. The Bertz CT molecular complexity index is 805. The van der Waals surface area contributed by atoms with E-state index in [1.807, 2.05) is 36.4 Å². The molecule has 0 aliphatic heterocycles. The molecule has 0 radical (unpaired) electrons. The molecule has 0 bridgehead atoms. The van der Waals surface area contributed by atoms with Crippen LogP contribution in [-0.4, -0.2) is 32.0 Å². The van der Waals surface area contributed by atoms with Gasteiger partial charge in [-0.1, -0.05) is 46.3 Å². The fourth-order valence-corrected chi connectivity index (χ4v) is 2.61. The third kappa shape index (κ3) is 5.70. The third-order valence-corrected chi connectivity index (χ3v) is 3.95. The summed E-state index contributed by atoms with van der Waals surface area (Å²) >= 11 is 3.37. The van der Waals surface area contributed by atoms with E-state index in [-0.39, 0.29) is 18.7 Å². The van der Waals surface area contributed by atoms with Crippen molar-refractivity contribution >= 4 is 33.7 Å². The van der Waals surface area contributed by atoms with Crippen LogP contribution in [0.1, 0.15) is 11.1 Å². The van der Waals surface area contributed by atoms with Crippen molar-refractivity contribution in [1.29, 1.82) is 0 Å². The normalized spacial score (nSPS) is 11.0. The van der Waals surface area contributed by atoms with Crippen LogP contribution in [0.4, 0.5) is 4.79 Å². The summed E-state index contributed by atoms with van der Waals surface area (Å²) in [5, 5.41) is 0. The fourth-order valence-electron chi connectivity index (χ4n) is 2.20. The van der Waals surface area contributed by atoms with Gasteiger partial charge in [-0.25, -0.2) is 9.59 Å². The summed E-state index contributed by atoms with van der Waals surface area (Å²) < 4.78 is 15.9. The fraction of sp³-hybridized carbons (Fsp3) is 0.211. The molecule has 2 aromatic carbocycles. The minimum atomic E-state index is -0.858. The molecule has 0 unspecified atom stereocenters. The van der Waals surface area contributed by atoms with Gasteiger partial charge in [-0.2, -0.15) is 4.99 Å². The number of hydrogen-bond donors (Lipinski definition) is 0. The van der Waals surface area contributed by atoms with Gasteiger partial charge in [-0.3, -0.25) is 0 Å². The SMILES string of the molecule is COC(=O)C(Cc1cc(Br)ccc1OC)=NC(=O)OCc1ccccc1. The van der Waals surface area contributed by atoms with Gasteiger partial charge in [-0.15, -0.1) is 0 Å². The molecule has 0 N–H and O–H groups in total. The maximum atomic E-state index is 12.0. The molecule has 0 heterocycles. The Hall–Kier alpha value is -2.67. The molecule has 2 aromatic rings. The second-order valence-corrected chi connectivity index (χ2v) is 6.14. The molecule has 26 heavy (non-hydrogen) atoms. The maximum Gasteiger partial charge on any atom is 0.434 e. The lowest BCUT2D eigenvalue weighted by Gasteiger charge is -2.10. The van der Waals surface area contributed by atoms with E-state index in [1.54, 1.807) is 12.1 Å². The monoisotopic (exact) mass is 419 g/mol. The van der Waals surface area contributed by atoms with Crippen molar-refractivity contribution in [2.75, 3.05) is 14.2 Å². The number of ether oxygens (including phenoxy) is 3. The number of esters is 1. The molecule has 0 saturated carbocycles. The van der Waals surface area contributed by atoms with E-state index in [1.165, 1.54) is 14.2 Å². The first-order chi connectivity index (χ1) is 12.5. The Morgan fingerprint density at radius 3 is 2.46 bits per heavy atom. The van der Waals surface area contributed by atoms with Crippen LogP contribution < -0.4 is 4.74 Å². The Balaban J connectivity index is 2.16. The van der Waals surface area contributed by atoms with Gasteiger partial charge in [0.15, 0.2) is 0 Å². The Kier molecular flexibility index (Phi) is 7.35. The first-order valence-electron chi connectivity index (χ1n) is 7.72. The van der Waals surface area contributed by atoms with Crippen LogP contribution in [0.25, 0.3) is 0 Å². The average Bonchev–Trinajstić information content (AvgIpc) is 2.66. The van der Waals surface area contributed by atoms with E-state index >= 15 is 0 Å².